The molecule has 31 heavy (non-hydrogen) atoms. The number of methoxy groups -OCH3 is 1. The van der Waals surface area contributed by atoms with E-state index in [1.165, 1.54) is 13.2 Å². The number of hydrogen-bond donors (Lipinski definition) is 1. The van der Waals surface area contributed by atoms with E-state index in [-0.39, 0.29) is 11.9 Å². The second-order valence-corrected chi connectivity index (χ2v) is 6.94. The summed E-state index contributed by atoms with van der Waals surface area (Å²) in [6.45, 7) is 4.54. The summed E-state index contributed by atoms with van der Waals surface area (Å²) in [5.41, 5.74) is 8.47. The van der Waals surface area contributed by atoms with Crippen molar-refractivity contribution in [1.82, 2.24) is 0 Å². The predicted molar refractivity (Wildman–Crippen MR) is 122 cm³/mol. The first-order valence-electron chi connectivity index (χ1n) is 10.2. The topological polar surface area (TPSA) is 91.1 Å². The molecule has 0 atom stereocenters. The van der Waals surface area contributed by atoms with Crippen molar-refractivity contribution in [3.05, 3.63) is 59.7 Å². The van der Waals surface area contributed by atoms with Crippen LogP contribution >= 0.6 is 0 Å². The van der Waals surface area contributed by atoms with Gasteiger partial charge in [-0.1, -0.05) is 12.1 Å². The highest BCUT2D eigenvalue weighted by atomic mass is 16.5. The number of rotatable bonds is 10. The minimum Gasteiger partial charge on any atom is -0.495 e. The molecule has 2 N–H and O–H groups in total. The lowest BCUT2D eigenvalue weighted by atomic mass is 10.1. The third-order valence-electron chi connectivity index (χ3n) is 4.57. The Hall–Kier alpha value is -3.48. The monoisotopic (exact) mass is 426 g/mol. The maximum Gasteiger partial charge on any atom is 0.330 e. The van der Waals surface area contributed by atoms with Gasteiger partial charge in [-0.3, -0.25) is 4.79 Å². The van der Waals surface area contributed by atoms with Gasteiger partial charge in [-0.2, -0.15) is 0 Å². The third kappa shape index (κ3) is 6.77. The van der Waals surface area contributed by atoms with Crippen molar-refractivity contribution in [3.63, 3.8) is 0 Å². The van der Waals surface area contributed by atoms with E-state index in [4.69, 9.17) is 19.9 Å². The maximum absolute atomic E-state index is 13.0. The number of hydrogen-bond acceptors (Lipinski definition) is 6. The Kier molecular flexibility index (Phi) is 8.94. The van der Waals surface area contributed by atoms with E-state index in [0.29, 0.717) is 48.1 Å². The van der Waals surface area contributed by atoms with Crippen LogP contribution in [0, 0.1) is 6.92 Å². The molecule has 0 heterocycles. The standard InChI is InChI=1S/C24H30N2O5/c1-5-30-23(27)9-7-6-8-14-31-22-15-17(2)10-13-20(22)26(3)24(28)18-11-12-19(25)21(16-18)29-4/h7,9-13,15-16H,5-6,8,14,25H2,1-4H3/b9-7+. The number of nitrogens with zero attached hydrogens (tertiary/aromatic N) is 1. The summed E-state index contributed by atoms with van der Waals surface area (Å²) < 4.78 is 16.0. The molecule has 2 aromatic carbocycles. The SMILES string of the molecule is CCOC(=O)/C=C/CCCOc1cc(C)ccc1N(C)C(=O)c1ccc(N)c(OC)c1. The summed E-state index contributed by atoms with van der Waals surface area (Å²) in [4.78, 5) is 25.9. The van der Waals surface area contributed by atoms with E-state index in [9.17, 15) is 9.59 Å². The quantitative estimate of drug-likeness (QED) is 0.266. The number of esters is 1. The van der Waals surface area contributed by atoms with Crippen molar-refractivity contribution >= 4 is 23.3 Å². The summed E-state index contributed by atoms with van der Waals surface area (Å²) in [5.74, 6) is 0.524. The maximum atomic E-state index is 13.0. The number of aryl methyl sites for hydroxylation is 1. The number of unbranched alkanes of at least 4 members (excludes halogenated alkanes) is 1. The molecule has 0 aromatic heterocycles. The molecule has 0 aliphatic rings. The molecule has 0 aliphatic carbocycles. The van der Waals surface area contributed by atoms with Crippen molar-refractivity contribution in [2.75, 3.05) is 38.0 Å². The van der Waals surface area contributed by atoms with Gasteiger partial charge in [0, 0.05) is 18.7 Å². The molecule has 0 spiro atoms. The van der Waals surface area contributed by atoms with Crippen molar-refractivity contribution in [2.24, 2.45) is 0 Å². The number of benzene rings is 2. The van der Waals surface area contributed by atoms with Gasteiger partial charge in [-0.05, 0) is 62.6 Å². The second-order valence-electron chi connectivity index (χ2n) is 6.94. The van der Waals surface area contributed by atoms with E-state index >= 15 is 0 Å². The number of carbonyl (C=O) groups excluding carboxylic acids is 2. The van der Waals surface area contributed by atoms with Gasteiger partial charge in [-0.25, -0.2) is 4.79 Å². The number of nitrogen functional groups attached to an aromatic ring is 1. The Morgan fingerprint density at radius 3 is 2.61 bits per heavy atom. The second kappa shape index (κ2) is 11.6. The summed E-state index contributed by atoms with van der Waals surface area (Å²) in [5, 5.41) is 0. The van der Waals surface area contributed by atoms with Crippen molar-refractivity contribution in [2.45, 2.75) is 26.7 Å². The van der Waals surface area contributed by atoms with Crippen molar-refractivity contribution < 1.29 is 23.8 Å². The Bertz CT molecular complexity index is 940. The van der Waals surface area contributed by atoms with Gasteiger partial charge in [0.05, 0.1) is 31.7 Å². The molecule has 166 valence electrons. The summed E-state index contributed by atoms with van der Waals surface area (Å²) in [6, 6.07) is 10.6. The van der Waals surface area contributed by atoms with Gasteiger partial charge in [0.1, 0.15) is 11.5 Å². The molecule has 0 saturated heterocycles. The number of anilines is 2. The van der Waals surface area contributed by atoms with Crippen molar-refractivity contribution in [1.29, 1.82) is 0 Å². The van der Waals surface area contributed by atoms with E-state index in [1.807, 2.05) is 25.1 Å². The summed E-state index contributed by atoms with van der Waals surface area (Å²) in [6.07, 6.45) is 4.59. The van der Waals surface area contributed by atoms with Crippen LogP contribution in [0.3, 0.4) is 0 Å². The van der Waals surface area contributed by atoms with Crippen LogP contribution in [0.4, 0.5) is 11.4 Å². The Morgan fingerprint density at radius 2 is 1.90 bits per heavy atom. The fourth-order valence-electron chi connectivity index (χ4n) is 2.91. The lowest BCUT2D eigenvalue weighted by Crippen LogP contribution is -2.27. The first kappa shape index (κ1) is 23.8. The first-order valence-corrected chi connectivity index (χ1v) is 10.2. The van der Waals surface area contributed by atoms with E-state index in [2.05, 4.69) is 0 Å². The number of nitrogens with two attached hydrogens (primary N) is 1. The minimum atomic E-state index is -0.344. The Balaban J connectivity index is 2.06. The van der Waals surface area contributed by atoms with Crippen LogP contribution in [0.5, 0.6) is 11.5 Å². The average Bonchev–Trinajstić information content (AvgIpc) is 2.75. The molecule has 0 unspecified atom stereocenters. The van der Waals surface area contributed by atoms with E-state index in [0.717, 1.165) is 12.0 Å². The van der Waals surface area contributed by atoms with Crippen LogP contribution in [-0.4, -0.2) is 39.2 Å². The molecule has 0 bridgehead atoms. The lowest BCUT2D eigenvalue weighted by Gasteiger charge is -2.22. The lowest BCUT2D eigenvalue weighted by molar-refractivity contribution is -0.137. The zero-order valence-corrected chi connectivity index (χ0v) is 18.5. The van der Waals surface area contributed by atoms with Crippen LogP contribution in [0.1, 0.15) is 35.7 Å². The number of ether oxygens (including phenoxy) is 3. The number of amides is 1. The van der Waals surface area contributed by atoms with Gasteiger partial charge in [-0.15, -0.1) is 0 Å². The molecule has 0 saturated carbocycles. The third-order valence-corrected chi connectivity index (χ3v) is 4.57. The first-order chi connectivity index (χ1) is 14.9. The van der Waals surface area contributed by atoms with Crippen LogP contribution in [0.25, 0.3) is 0 Å². The van der Waals surface area contributed by atoms with Crippen LogP contribution < -0.4 is 20.1 Å². The molecule has 0 aliphatic heterocycles. The zero-order chi connectivity index (χ0) is 22.8. The molecule has 1 amide bonds. The molecule has 7 nitrogen and oxygen atoms in total. The van der Waals surface area contributed by atoms with E-state index < -0.39 is 0 Å². The van der Waals surface area contributed by atoms with Crippen molar-refractivity contribution in [3.8, 4) is 11.5 Å². The van der Waals surface area contributed by atoms with Gasteiger partial charge >= 0.3 is 5.97 Å². The fourth-order valence-corrected chi connectivity index (χ4v) is 2.91. The highest BCUT2D eigenvalue weighted by molar-refractivity contribution is 6.07. The molecule has 2 aromatic rings. The Labute approximate surface area is 183 Å². The normalized spacial score (nSPS) is 10.7. The summed E-state index contributed by atoms with van der Waals surface area (Å²) in [7, 11) is 3.21. The highest BCUT2D eigenvalue weighted by Gasteiger charge is 2.18. The molecular weight excluding hydrogens is 396 g/mol. The molecular formula is C24H30N2O5. The number of allylic oxidation sites excluding steroid dienone is 1. The smallest absolute Gasteiger partial charge is 0.330 e. The van der Waals surface area contributed by atoms with Crippen LogP contribution in [-0.2, 0) is 9.53 Å². The molecule has 0 fully saturated rings. The molecule has 2 rings (SSSR count). The van der Waals surface area contributed by atoms with Crippen LogP contribution in [0.2, 0.25) is 0 Å². The average molecular weight is 427 g/mol. The zero-order valence-electron chi connectivity index (χ0n) is 18.5. The highest BCUT2D eigenvalue weighted by Crippen LogP contribution is 2.31. The van der Waals surface area contributed by atoms with Gasteiger partial charge in [0.2, 0.25) is 0 Å². The number of carbonyl (C=O) groups is 2. The summed E-state index contributed by atoms with van der Waals surface area (Å²) >= 11 is 0. The molecule has 7 heteroatoms. The minimum absolute atomic E-state index is 0.204. The van der Waals surface area contributed by atoms with Gasteiger partial charge in [0.15, 0.2) is 0 Å². The Morgan fingerprint density at radius 1 is 1.13 bits per heavy atom. The van der Waals surface area contributed by atoms with Crippen LogP contribution in [0.15, 0.2) is 48.6 Å². The largest absolute Gasteiger partial charge is 0.495 e. The van der Waals surface area contributed by atoms with E-state index in [1.54, 1.807) is 43.1 Å². The fraction of sp³-hybridized carbons (Fsp3) is 0.333. The van der Waals surface area contributed by atoms with Gasteiger partial charge < -0.3 is 24.8 Å². The molecule has 0 radical (unpaired) electrons. The predicted octanol–water partition coefficient (Wildman–Crippen LogP) is 4.14. The van der Waals surface area contributed by atoms with Gasteiger partial charge in [0.25, 0.3) is 5.91 Å².